The lowest BCUT2D eigenvalue weighted by Crippen LogP contribution is -2.11. The predicted molar refractivity (Wildman–Crippen MR) is 35.9 cm³/mol. The zero-order chi connectivity index (χ0) is 8.65. The van der Waals surface area contributed by atoms with Gasteiger partial charge in [0.05, 0.1) is 6.33 Å². The molecule has 0 atom stereocenters. The summed E-state index contributed by atoms with van der Waals surface area (Å²) in [4.78, 5) is 3.44. The van der Waals surface area contributed by atoms with Crippen molar-refractivity contribution in [3.63, 3.8) is 0 Å². The van der Waals surface area contributed by atoms with E-state index < -0.39 is 11.9 Å². The fourth-order valence-corrected chi connectivity index (χ4v) is 1.31. The third-order valence-electron chi connectivity index (χ3n) is 1.16. The molecule has 1 aromatic heterocycles. The van der Waals surface area contributed by atoms with Crippen molar-refractivity contribution in [1.29, 1.82) is 0 Å². The summed E-state index contributed by atoms with van der Waals surface area (Å²) in [6, 6.07) is 0. The highest BCUT2D eigenvalue weighted by Crippen LogP contribution is 2.33. The highest BCUT2D eigenvalue weighted by atomic mass is 79.9. The lowest BCUT2D eigenvalue weighted by atomic mass is 10.5. The molecule has 0 spiro atoms. The molecule has 2 nitrogen and oxygen atoms in total. The van der Waals surface area contributed by atoms with Crippen LogP contribution in [0, 0.1) is 0 Å². The molecular weight excluding hydrogens is 225 g/mol. The quantitative estimate of drug-likeness (QED) is 0.666. The third-order valence-corrected chi connectivity index (χ3v) is 1.74. The Balaban J connectivity index is 3.21. The summed E-state index contributed by atoms with van der Waals surface area (Å²) >= 11 is 2.70. The smallest absolute Gasteiger partial charge is 0.329 e. The van der Waals surface area contributed by atoms with Gasteiger partial charge in [0, 0.05) is 7.05 Å². The molecule has 0 saturated carbocycles. The summed E-state index contributed by atoms with van der Waals surface area (Å²) in [5.41, 5.74) is -0.766. The van der Waals surface area contributed by atoms with Gasteiger partial charge in [-0.2, -0.15) is 13.2 Å². The van der Waals surface area contributed by atoms with Crippen LogP contribution in [-0.2, 0) is 13.2 Å². The molecule has 1 rings (SSSR count). The van der Waals surface area contributed by atoms with Gasteiger partial charge in [-0.05, 0) is 15.9 Å². The highest BCUT2D eigenvalue weighted by Gasteiger charge is 2.36. The number of halogens is 4. The van der Waals surface area contributed by atoms with E-state index in [4.69, 9.17) is 0 Å². The van der Waals surface area contributed by atoms with Gasteiger partial charge < -0.3 is 4.57 Å². The van der Waals surface area contributed by atoms with Gasteiger partial charge in [-0.25, -0.2) is 4.98 Å². The molecule has 0 radical (unpaired) electrons. The van der Waals surface area contributed by atoms with E-state index >= 15 is 0 Å². The van der Waals surface area contributed by atoms with Gasteiger partial charge in [-0.3, -0.25) is 0 Å². The number of nitrogens with zero attached hydrogens (tertiary/aromatic N) is 2. The van der Waals surface area contributed by atoms with Crippen LogP contribution in [0.4, 0.5) is 13.2 Å². The minimum Gasteiger partial charge on any atom is -0.329 e. The second-order valence-corrected chi connectivity index (χ2v) is 2.74. The zero-order valence-electron chi connectivity index (χ0n) is 5.48. The molecule has 0 amide bonds. The van der Waals surface area contributed by atoms with E-state index in [1.807, 2.05) is 0 Å². The molecule has 1 heterocycles. The molecule has 0 aliphatic rings. The molecule has 0 N–H and O–H groups in total. The molecule has 11 heavy (non-hydrogen) atoms. The summed E-state index contributed by atoms with van der Waals surface area (Å²) in [7, 11) is 1.29. The monoisotopic (exact) mass is 228 g/mol. The molecule has 0 saturated heterocycles. The van der Waals surface area contributed by atoms with Crippen LogP contribution in [0.5, 0.6) is 0 Å². The molecule has 6 heteroatoms. The molecule has 0 fully saturated rings. The number of alkyl halides is 3. The lowest BCUT2D eigenvalue weighted by molar-refractivity contribution is -0.143. The topological polar surface area (TPSA) is 17.8 Å². The zero-order valence-corrected chi connectivity index (χ0v) is 7.07. The molecule has 0 aliphatic heterocycles. The second-order valence-electron chi connectivity index (χ2n) is 1.99. The van der Waals surface area contributed by atoms with Crippen LogP contribution in [0.1, 0.15) is 5.69 Å². The van der Waals surface area contributed by atoms with Gasteiger partial charge in [0.15, 0.2) is 5.69 Å². The fourth-order valence-electron chi connectivity index (χ4n) is 0.719. The molecule has 0 bridgehead atoms. The van der Waals surface area contributed by atoms with Crippen molar-refractivity contribution in [1.82, 2.24) is 9.55 Å². The van der Waals surface area contributed by atoms with E-state index in [0.29, 0.717) is 0 Å². The first-order chi connectivity index (χ1) is 4.93. The minimum atomic E-state index is -4.34. The van der Waals surface area contributed by atoms with Gasteiger partial charge in [0.25, 0.3) is 0 Å². The van der Waals surface area contributed by atoms with E-state index in [0.717, 1.165) is 10.9 Å². The number of rotatable bonds is 0. The SMILES string of the molecule is Cn1cnc(Br)c1C(F)(F)F. The standard InChI is InChI=1S/C5H4BrF3N2/c1-11-2-10-4(6)3(11)5(7,8)9/h2H,1H3. The first-order valence-corrected chi connectivity index (χ1v) is 3.46. The van der Waals surface area contributed by atoms with Gasteiger partial charge in [0.2, 0.25) is 0 Å². The van der Waals surface area contributed by atoms with Crippen LogP contribution in [0.3, 0.4) is 0 Å². The average Bonchev–Trinajstić information content (AvgIpc) is 2.08. The van der Waals surface area contributed by atoms with Crippen LogP contribution in [0.2, 0.25) is 0 Å². The van der Waals surface area contributed by atoms with Gasteiger partial charge in [0.1, 0.15) is 4.60 Å². The van der Waals surface area contributed by atoms with Crippen molar-refractivity contribution in [2.75, 3.05) is 0 Å². The Morgan fingerprint density at radius 1 is 1.55 bits per heavy atom. The van der Waals surface area contributed by atoms with Gasteiger partial charge in [-0.1, -0.05) is 0 Å². The number of aryl methyl sites for hydroxylation is 1. The molecule has 62 valence electrons. The van der Waals surface area contributed by atoms with E-state index in [-0.39, 0.29) is 4.60 Å². The summed E-state index contributed by atoms with van der Waals surface area (Å²) in [5, 5.41) is 0. The Hall–Kier alpha value is -0.520. The Labute approximate surface area is 69.2 Å². The van der Waals surface area contributed by atoms with E-state index in [1.54, 1.807) is 0 Å². The van der Waals surface area contributed by atoms with Crippen LogP contribution < -0.4 is 0 Å². The van der Waals surface area contributed by atoms with Crippen molar-refractivity contribution < 1.29 is 13.2 Å². The molecule has 0 unspecified atom stereocenters. The minimum absolute atomic E-state index is 0.174. The number of aromatic nitrogens is 2. The molecule has 1 aromatic rings. The number of hydrogen-bond donors (Lipinski definition) is 0. The maximum Gasteiger partial charge on any atom is 0.434 e. The fraction of sp³-hybridized carbons (Fsp3) is 0.400. The van der Waals surface area contributed by atoms with E-state index in [9.17, 15) is 13.2 Å². The Kier molecular flexibility index (Phi) is 1.96. The Bertz CT molecular complexity index is 246. The maximum absolute atomic E-state index is 12.1. The highest BCUT2D eigenvalue weighted by molar-refractivity contribution is 9.10. The first kappa shape index (κ1) is 8.58. The van der Waals surface area contributed by atoms with E-state index in [1.165, 1.54) is 7.05 Å². The Morgan fingerprint density at radius 2 is 2.09 bits per heavy atom. The first-order valence-electron chi connectivity index (χ1n) is 2.67. The van der Waals surface area contributed by atoms with Crippen molar-refractivity contribution in [3.05, 3.63) is 16.6 Å². The molecule has 0 aromatic carbocycles. The Morgan fingerprint density at radius 3 is 2.27 bits per heavy atom. The van der Waals surface area contributed by atoms with Crippen LogP contribution in [0.15, 0.2) is 10.9 Å². The normalized spacial score (nSPS) is 12.1. The second kappa shape index (κ2) is 2.51. The number of imidazole rings is 1. The van der Waals surface area contributed by atoms with Gasteiger partial charge in [-0.15, -0.1) is 0 Å². The summed E-state index contributed by atoms with van der Waals surface area (Å²) in [6.45, 7) is 0. The molecular formula is C5H4BrF3N2. The largest absolute Gasteiger partial charge is 0.434 e. The van der Waals surface area contributed by atoms with Crippen LogP contribution in [0.25, 0.3) is 0 Å². The maximum atomic E-state index is 12.1. The third kappa shape index (κ3) is 1.55. The summed E-state index contributed by atoms with van der Waals surface area (Å²) in [6.07, 6.45) is -3.24. The number of hydrogen-bond acceptors (Lipinski definition) is 1. The van der Waals surface area contributed by atoms with Crippen LogP contribution >= 0.6 is 15.9 Å². The molecule has 0 aliphatic carbocycles. The van der Waals surface area contributed by atoms with Crippen molar-refractivity contribution in [2.24, 2.45) is 7.05 Å². The average molecular weight is 229 g/mol. The predicted octanol–water partition coefficient (Wildman–Crippen LogP) is 2.20. The van der Waals surface area contributed by atoms with Crippen molar-refractivity contribution in [3.8, 4) is 0 Å². The van der Waals surface area contributed by atoms with Crippen molar-refractivity contribution in [2.45, 2.75) is 6.18 Å². The van der Waals surface area contributed by atoms with Gasteiger partial charge >= 0.3 is 6.18 Å². The van der Waals surface area contributed by atoms with Crippen LogP contribution in [-0.4, -0.2) is 9.55 Å². The summed E-state index contributed by atoms with van der Waals surface area (Å²) in [5.74, 6) is 0. The van der Waals surface area contributed by atoms with Crippen molar-refractivity contribution >= 4 is 15.9 Å². The summed E-state index contributed by atoms with van der Waals surface area (Å²) < 4.78 is 36.9. The van der Waals surface area contributed by atoms with E-state index in [2.05, 4.69) is 20.9 Å². The lowest BCUT2D eigenvalue weighted by Gasteiger charge is -2.06.